The summed E-state index contributed by atoms with van der Waals surface area (Å²) in [5, 5.41) is 0. The van der Waals surface area contributed by atoms with E-state index in [9.17, 15) is 0 Å². The summed E-state index contributed by atoms with van der Waals surface area (Å²) in [4.78, 5) is 6.95. The summed E-state index contributed by atoms with van der Waals surface area (Å²) < 4.78 is 0. The molecule has 2 rings (SSSR count). The van der Waals surface area contributed by atoms with E-state index in [-0.39, 0.29) is 24.8 Å². The fourth-order valence-corrected chi connectivity index (χ4v) is 1.04. The number of nitrogens with zero attached hydrogens (tertiary/aromatic N) is 1. The predicted octanol–water partition coefficient (Wildman–Crippen LogP) is 1.07. The minimum atomic E-state index is 0. The molecule has 3 nitrogen and oxygen atoms in total. The minimum Gasteiger partial charge on any atom is -0.348 e. The van der Waals surface area contributed by atoms with E-state index in [1.807, 2.05) is 6.20 Å². The molecule has 0 spiro atoms. The molecule has 1 saturated carbocycles. The minimum absolute atomic E-state index is 0. The highest BCUT2D eigenvalue weighted by Crippen LogP contribution is 2.37. The van der Waals surface area contributed by atoms with Gasteiger partial charge in [-0.25, -0.2) is 4.98 Å². The Morgan fingerprint density at radius 2 is 2.18 bits per heavy atom. The molecule has 0 saturated heterocycles. The molecule has 5 heteroatoms. The lowest BCUT2D eigenvalue weighted by molar-refractivity contribution is 0.958. The van der Waals surface area contributed by atoms with Gasteiger partial charge in [0.15, 0.2) is 0 Å². The Morgan fingerprint density at radius 1 is 1.55 bits per heavy atom. The number of H-pyrrole nitrogens is 1. The van der Waals surface area contributed by atoms with Crippen molar-refractivity contribution in [3.8, 4) is 0 Å². The first-order valence-electron chi connectivity index (χ1n) is 3.12. The molecule has 0 bridgehead atoms. The third-order valence-electron chi connectivity index (χ3n) is 1.76. The molecule has 2 unspecified atom stereocenters. The zero-order valence-corrected chi connectivity index (χ0v) is 7.49. The van der Waals surface area contributed by atoms with Gasteiger partial charge in [-0.15, -0.1) is 24.8 Å². The van der Waals surface area contributed by atoms with Crippen LogP contribution in [0.5, 0.6) is 0 Å². The predicted molar refractivity (Wildman–Crippen MR) is 48.4 cm³/mol. The van der Waals surface area contributed by atoms with Crippen molar-refractivity contribution in [1.82, 2.24) is 9.97 Å². The van der Waals surface area contributed by atoms with E-state index in [0.717, 1.165) is 6.42 Å². The van der Waals surface area contributed by atoms with Crippen molar-refractivity contribution < 1.29 is 0 Å². The Bertz CT molecular complexity index is 200. The van der Waals surface area contributed by atoms with Gasteiger partial charge in [-0.1, -0.05) is 0 Å². The molecule has 0 aromatic carbocycles. The van der Waals surface area contributed by atoms with Crippen LogP contribution in [0.4, 0.5) is 0 Å². The van der Waals surface area contributed by atoms with E-state index >= 15 is 0 Å². The molecule has 2 atom stereocenters. The maximum Gasteiger partial charge on any atom is 0.0921 e. The van der Waals surface area contributed by atoms with Crippen molar-refractivity contribution in [3.05, 3.63) is 18.2 Å². The number of hydrogen-bond donors (Lipinski definition) is 2. The Morgan fingerprint density at radius 3 is 2.55 bits per heavy atom. The molecule has 11 heavy (non-hydrogen) atoms. The summed E-state index contributed by atoms with van der Waals surface area (Å²) in [6.45, 7) is 0. The lowest BCUT2D eigenvalue weighted by Crippen LogP contribution is -2.00. The first-order valence-corrected chi connectivity index (χ1v) is 3.12. The Balaban J connectivity index is 0.000000500. The Kier molecular flexibility index (Phi) is 3.86. The van der Waals surface area contributed by atoms with Crippen LogP contribution in [-0.4, -0.2) is 16.0 Å². The van der Waals surface area contributed by atoms with Gasteiger partial charge in [-0.05, 0) is 6.42 Å². The van der Waals surface area contributed by atoms with Crippen LogP contribution in [-0.2, 0) is 0 Å². The van der Waals surface area contributed by atoms with Crippen LogP contribution < -0.4 is 5.73 Å². The number of aromatic nitrogens is 2. The molecule has 1 aromatic rings. The maximum absolute atomic E-state index is 5.61. The summed E-state index contributed by atoms with van der Waals surface area (Å²) in [6.07, 6.45) is 4.65. The normalized spacial score (nSPS) is 26.6. The van der Waals surface area contributed by atoms with Crippen LogP contribution in [0, 0.1) is 0 Å². The molecule has 1 aliphatic carbocycles. The third-order valence-corrected chi connectivity index (χ3v) is 1.76. The topological polar surface area (TPSA) is 54.7 Å². The quantitative estimate of drug-likeness (QED) is 0.705. The highest BCUT2D eigenvalue weighted by Gasteiger charge is 2.35. The molecule has 1 fully saturated rings. The number of nitrogens with one attached hydrogen (secondary N) is 1. The molecule has 64 valence electrons. The van der Waals surface area contributed by atoms with Crippen molar-refractivity contribution in [1.29, 1.82) is 0 Å². The molecule has 3 N–H and O–H groups in total. The first-order chi connectivity index (χ1) is 4.38. The van der Waals surface area contributed by atoms with Gasteiger partial charge in [-0.3, -0.25) is 0 Å². The van der Waals surface area contributed by atoms with Crippen LogP contribution in [0.15, 0.2) is 12.5 Å². The number of nitrogens with two attached hydrogens (primary N) is 1. The lowest BCUT2D eigenvalue weighted by atomic mass is 10.3. The van der Waals surface area contributed by atoms with Gasteiger partial charge >= 0.3 is 0 Å². The van der Waals surface area contributed by atoms with E-state index in [1.165, 1.54) is 5.69 Å². The average molecular weight is 196 g/mol. The molecule has 1 heterocycles. The smallest absolute Gasteiger partial charge is 0.0921 e. The molecular weight excluding hydrogens is 185 g/mol. The van der Waals surface area contributed by atoms with Crippen LogP contribution in [0.25, 0.3) is 0 Å². The van der Waals surface area contributed by atoms with Crippen molar-refractivity contribution in [2.24, 2.45) is 5.73 Å². The highest BCUT2D eigenvalue weighted by molar-refractivity contribution is 5.85. The van der Waals surface area contributed by atoms with Crippen molar-refractivity contribution in [3.63, 3.8) is 0 Å². The Hall–Kier alpha value is -0.250. The largest absolute Gasteiger partial charge is 0.348 e. The van der Waals surface area contributed by atoms with Gasteiger partial charge in [0.2, 0.25) is 0 Å². The fourth-order valence-electron chi connectivity index (χ4n) is 1.04. The van der Waals surface area contributed by atoms with E-state index < -0.39 is 0 Å². The van der Waals surface area contributed by atoms with Gasteiger partial charge in [0.05, 0.1) is 6.33 Å². The third kappa shape index (κ3) is 2.09. The lowest BCUT2D eigenvalue weighted by Gasteiger charge is -1.86. The van der Waals surface area contributed by atoms with E-state index in [4.69, 9.17) is 5.73 Å². The van der Waals surface area contributed by atoms with Crippen LogP contribution in [0.2, 0.25) is 0 Å². The van der Waals surface area contributed by atoms with Crippen molar-refractivity contribution in [2.75, 3.05) is 0 Å². The van der Waals surface area contributed by atoms with Crippen LogP contribution in [0.3, 0.4) is 0 Å². The van der Waals surface area contributed by atoms with Crippen molar-refractivity contribution >= 4 is 24.8 Å². The zero-order chi connectivity index (χ0) is 6.27. The van der Waals surface area contributed by atoms with Crippen LogP contribution >= 0.6 is 24.8 Å². The van der Waals surface area contributed by atoms with E-state index in [1.54, 1.807) is 6.33 Å². The highest BCUT2D eigenvalue weighted by atomic mass is 35.5. The maximum atomic E-state index is 5.61. The van der Waals surface area contributed by atoms with Gasteiger partial charge < -0.3 is 10.7 Å². The summed E-state index contributed by atoms with van der Waals surface area (Å²) in [7, 11) is 0. The van der Waals surface area contributed by atoms with Gasteiger partial charge in [-0.2, -0.15) is 0 Å². The molecule has 0 amide bonds. The summed E-state index contributed by atoms with van der Waals surface area (Å²) >= 11 is 0. The summed E-state index contributed by atoms with van der Waals surface area (Å²) in [5.74, 6) is 0.562. The van der Waals surface area contributed by atoms with E-state index in [2.05, 4.69) is 9.97 Å². The van der Waals surface area contributed by atoms with Gasteiger partial charge in [0.25, 0.3) is 0 Å². The number of rotatable bonds is 1. The fraction of sp³-hybridized carbons (Fsp3) is 0.500. The number of halogens is 2. The molecular formula is C6H11Cl2N3. The SMILES string of the molecule is Cl.Cl.NC1CC1c1cnc[nH]1. The number of imidazole rings is 1. The zero-order valence-electron chi connectivity index (χ0n) is 5.86. The Labute approximate surface area is 77.6 Å². The number of aromatic amines is 1. The molecule has 0 aliphatic heterocycles. The van der Waals surface area contributed by atoms with Crippen LogP contribution in [0.1, 0.15) is 18.0 Å². The van der Waals surface area contributed by atoms with Crippen molar-refractivity contribution in [2.45, 2.75) is 18.4 Å². The van der Waals surface area contributed by atoms with Gasteiger partial charge in [0, 0.05) is 23.9 Å². The second-order valence-electron chi connectivity index (χ2n) is 2.51. The summed E-state index contributed by atoms with van der Waals surface area (Å²) in [6, 6.07) is 0.380. The average Bonchev–Trinajstić information content (AvgIpc) is 2.44. The summed E-state index contributed by atoms with van der Waals surface area (Å²) in [5.41, 5.74) is 6.79. The monoisotopic (exact) mass is 195 g/mol. The second kappa shape index (κ2) is 3.95. The molecule has 1 aliphatic rings. The first kappa shape index (κ1) is 10.8. The molecule has 1 aromatic heterocycles. The standard InChI is InChI=1S/C6H9N3.2ClH/c7-5-1-4(5)6-2-8-3-9-6;;/h2-5H,1,7H2,(H,8,9);2*1H. The number of hydrogen-bond acceptors (Lipinski definition) is 2. The van der Waals surface area contributed by atoms with Gasteiger partial charge in [0.1, 0.15) is 0 Å². The second-order valence-corrected chi connectivity index (χ2v) is 2.51. The molecule has 0 radical (unpaired) electrons. The van der Waals surface area contributed by atoms with E-state index in [0.29, 0.717) is 12.0 Å².